The van der Waals surface area contributed by atoms with Crippen molar-refractivity contribution in [1.82, 2.24) is 5.32 Å². The number of nitrogens with zero attached hydrogens (tertiary/aromatic N) is 1. The summed E-state index contributed by atoms with van der Waals surface area (Å²) in [6, 6.07) is 6.16. The summed E-state index contributed by atoms with van der Waals surface area (Å²) in [6.07, 6.45) is 3.61. The number of alkyl carbamates (subject to hydrolysis) is 1. The molecule has 1 amide bonds. The summed E-state index contributed by atoms with van der Waals surface area (Å²) in [5, 5.41) is 12.3. The van der Waals surface area contributed by atoms with Crippen molar-refractivity contribution in [3.63, 3.8) is 0 Å². The zero-order valence-corrected chi connectivity index (χ0v) is 18.6. The van der Waals surface area contributed by atoms with Crippen LogP contribution in [0.1, 0.15) is 46.5 Å². The topological polar surface area (TPSA) is 113 Å². The number of ether oxygens (including phenoxy) is 1. The smallest absolute Gasteiger partial charge is 0.408 e. The molecular formula is C21H30N2O6S. The van der Waals surface area contributed by atoms with E-state index in [9.17, 15) is 23.1 Å². The number of carboxylic acids is 1. The fourth-order valence-electron chi connectivity index (χ4n) is 4.59. The van der Waals surface area contributed by atoms with E-state index in [1.807, 2.05) is 12.1 Å². The highest BCUT2D eigenvalue weighted by atomic mass is 32.2. The minimum absolute atomic E-state index is 0.153. The van der Waals surface area contributed by atoms with Gasteiger partial charge in [-0.1, -0.05) is 0 Å². The zero-order valence-electron chi connectivity index (χ0n) is 17.8. The van der Waals surface area contributed by atoms with Gasteiger partial charge >= 0.3 is 12.1 Å². The molecule has 2 aliphatic rings. The van der Waals surface area contributed by atoms with Gasteiger partial charge in [0.1, 0.15) is 11.6 Å². The van der Waals surface area contributed by atoms with Crippen LogP contribution in [0.3, 0.4) is 0 Å². The summed E-state index contributed by atoms with van der Waals surface area (Å²) in [6.45, 7) is 5.20. The number of carboxylic acid groups (broad SMARTS) is 1. The first-order valence-electron chi connectivity index (χ1n) is 10.2. The van der Waals surface area contributed by atoms with Gasteiger partial charge in [0.15, 0.2) is 9.84 Å². The number of sulfone groups is 1. The Morgan fingerprint density at radius 1 is 1.13 bits per heavy atom. The number of hydrogen-bond donors (Lipinski definition) is 2. The average Bonchev–Trinajstić information content (AvgIpc) is 2.87. The molecule has 0 saturated carbocycles. The van der Waals surface area contributed by atoms with Gasteiger partial charge < -0.3 is 20.1 Å². The lowest BCUT2D eigenvalue weighted by Gasteiger charge is -2.42. The summed E-state index contributed by atoms with van der Waals surface area (Å²) >= 11 is 0. The van der Waals surface area contributed by atoms with Gasteiger partial charge in [0, 0.05) is 24.0 Å². The molecule has 0 spiro atoms. The number of rotatable bonds is 5. The van der Waals surface area contributed by atoms with Crippen LogP contribution in [0, 0.1) is 5.92 Å². The van der Waals surface area contributed by atoms with Gasteiger partial charge in [-0.3, -0.25) is 0 Å². The predicted molar refractivity (Wildman–Crippen MR) is 112 cm³/mol. The van der Waals surface area contributed by atoms with E-state index in [-0.39, 0.29) is 22.9 Å². The number of anilines is 1. The second-order valence-electron chi connectivity index (χ2n) is 9.25. The van der Waals surface area contributed by atoms with Crippen LogP contribution < -0.4 is 10.2 Å². The van der Waals surface area contributed by atoms with E-state index in [0.717, 1.165) is 18.5 Å². The molecule has 30 heavy (non-hydrogen) atoms. The molecular weight excluding hydrogens is 408 g/mol. The largest absolute Gasteiger partial charge is 0.480 e. The zero-order chi connectivity index (χ0) is 22.3. The summed E-state index contributed by atoms with van der Waals surface area (Å²) in [5.41, 5.74) is 0.244. The molecule has 8 nitrogen and oxygen atoms in total. The van der Waals surface area contributed by atoms with Crippen LogP contribution in [-0.2, 0) is 19.4 Å². The van der Waals surface area contributed by atoms with E-state index < -0.39 is 33.5 Å². The third-order valence-electron chi connectivity index (χ3n) is 5.74. The molecule has 2 bridgehead atoms. The highest BCUT2D eigenvalue weighted by Crippen LogP contribution is 2.43. The number of hydrogen-bond acceptors (Lipinski definition) is 6. The Morgan fingerprint density at radius 3 is 2.10 bits per heavy atom. The molecule has 0 aliphatic carbocycles. The highest BCUT2D eigenvalue weighted by Gasteiger charge is 2.45. The van der Waals surface area contributed by atoms with Crippen LogP contribution in [0.25, 0.3) is 0 Å². The van der Waals surface area contributed by atoms with E-state index in [4.69, 9.17) is 4.74 Å². The third kappa shape index (κ3) is 5.06. The van der Waals surface area contributed by atoms with Gasteiger partial charge in [-0.05, 0) is 76.6 Å². The maximum Gasteiger partial charge on any atom is 0.408 e. The second-order valence-corrected chi connectivity index (χ2v) is 11.3. The Labute approximate surface area is 177 Å². The predicted octanol–water partition coefficient (Wildman–Crippen LogP) is 2.82. The molecule has 2 unspecified atom stereocenters. The van der Waals surface area contributed by atoms with Crippen molar-refractivity contribution in [1.29, 1.82) is 0 Å². The molecule has 3 rings (SSSR count). The maximum atomic E-state index is 12.1. The van der Waals surface area contributed by atoms with E-state index in [0.29, 0.717) is 12.8 Å². The van der Waals surface area contributed by atoms with E-state index in [2.05, 4.69) is 10.2 Å². The van der Waals surface area contributed by atoms with Gasteiger partial charge in [-0.25, -0.2) is 18.0 Å². The molecule has 2 aliphatic heterocycles. The van der Waals surface area contributed by atoms with Crippen LogP contribution in [-0.4, -0.2) is 55.6 Å². The molecule has 2 fully saturated rings. The van der Waals surface area contributed by atoms with Gasteiger partial charge in [0.25, 0.3) is 0 Å². The van der Waals surface area contributed by atoms with Gasteiger partial charge in [-0.2, -0.15) is 0 Å². The first-order chi connectivity index (χ1) is 13.8. The first kappa shape index (κ1) is 22.4. The van der Waals surface area contributed by atoms with Crippen LogP contribution in [0.15, 0.2) is 29.2 Å². The van der Waals surface area contributed by atoms with E-state index >= 15 is 0 Å². The van der Waals surface area contributed by atoms with Crippen molar-refractivity contribution in [2.75, 3.05) is 11.2 Å². The summed E-state index contributed by atoms with van der Waals surface area (Å²) in [7, 11) is -3.25. The van der Waals surface area contributed by atoms with Crippen molar-refractivity contribution < 1.29 is 27.9 Å². The van der Waals surface area contributed by atoms with Crippen LogP contribution >= 0.6 is 0 Å². The highest BCUT2D eigenvalue weighted by molar-refractivity contribution is 7.90. The number of fused-ring (bicyclic) bond motifs is 2. The molecule has 2 N–H and O–H groups in total. The lowest BCUT2D eigenvalue weighted by molar-refractivity contribution is -0.141. The van der Waals surface area contributed by atoms with Crippen LogP contribution in [0.5, 0.6) is 0 Å². The average molecular weight is 439 g/mol. The number of amides is 1. The summed E-state index contributed by atoms with van der Waals surface area (Å²) < 4.78 is 28.6. The Hall–Kier alpha value is -2.29. The van der Waals surface area contributed by atoms with E-state index in [1.54, 1.807) is 32.9 Å². The molecule has 0 aromatic heterocycles. The minimum atomic E-state index is -3.25. The molecule has 3 atom stereocenters. The van der Waals surface area contributed by atoms with Crippen molar-refractivity contribution in [2.45, 2.75) is 75.1 Å². The van der Waals surface area contributed by atoms with Crippen LogP contribution in [0.2, 0.25) is 0 Å². The second kappa shape index (κ2) is 8.09. The van der Waals surface area contributed by atoms with Crippen molar-refractivity contribution in [3.8, 4) is 0 Å². The lowest BCUT2D eigenvalue weighted by atomic mass is 9.84. The molecule has 2 heterocycles. The monoisotopic (exact) mass is 438 g/mol. The Kier molecular flexibility index (Phi) is 6.04. The van der Waals surface area contributed by atoms with Gasteiger partial charge in [0.05, 0.1) is 4.90 Å². The molecule has 1 aromatic carbocycles. The minimum Gasteiger partial charge on any atom is -0.480 e. The normalized spacial score (nSPS) is 24.9. The fraction of sp³-hybridized carbons (Fsp3) is 0.619. The summed E-state index contributed by atoms with van der Waals surface area (Å²) in [5.74, 6) is -1.25. The fourth-order valence-corrected chi connectivity index (χ4v) is 5.22. The Balaban J connectivity index is 1.73. The summed E-state index contributed by atoms with van der Waals surface area (Å²) in [4.78, 5) is 26.6. The third-order valence-corrected chi connectivity index (χ3v) is 6.87. The molecule has 1 aromatic rings. The van der Waals surface area contributed by atoms with E-state index in [1.165, 1.54) is 6.26 Å². The van der Waals surface area contributed by atoms with Crippen molar-refractivity contribution in [2.24, 2.45) is 5.92 Å². The SMILES string of the molecule is CC(C)(C)OC(=O)N[C@H](C(=O)O)C1CC2CCC(C1)N2c1ccc(S(C)(=O)=O)cc1. The molecule has 2 saturated heterocycles. The van der Waals surface area contributed by atoms with Gasteiger partial charge in [-0.15, -0.1) is 0 Å². The number of aliphatic carboxylic acids is 1. The quantitative estimate of drug-likeness (QED) is 0.727. The lowest BCUT2D eigenvalue weighted by Crippen LogP contribution is -2.53. The molecule has 166 valence electrons. The number of benzene rings is 1. The number of piperidine rings is 1. The standard InChI is InChI=1S/C21H30N2O6S/c1-21(2,3)29-20(26)22-18(19(24)25)13-11-15-5-6-16(12-13)23(15)14-7-9-17(10-8-14)30(4,27)28/h7-10,13,15-16,18H,5-6,11-12H2,1-4H3,(H,22,26)(H,24,25)/t13?,15?,16?,18-/m0/s1. The van der Waals surface area contributed by atoms with Crippen molar-refractivity contribution in [3.05, 3.63) is 24.3 Å². The maximum absolute atomic E-state index is 12.1. The number of carbonyl (C=O) groups is 2. The van der Waals surface area contributed by atoms with Crippen LogP contribution in [0.4, 0.5) is 10.5 Å². The molecule has 9 heteroatoms. The Bertz CT molecular complexity index is 892. The number of nitrogens with one attached hydrogen (secondary N) is 1. The molecule has 0 radical (unpaired) electrons. The van der Waals surface area contributed by atoms with Gasteiger partial charge in [0.2, 0.25) is 0 Å². The Morgan fingerprint density at radius 2 is 1.67 bits per heavy atom. The first-order valence-corrected chi connectivity index (χ1v) is 12.0. The van der Waals surface area contributed by atoms with Crippen molar-refractivity contribution >= 4 is 27.6 Å². The number of carbonyl (C=O) groups excluding carboxylic acids is 1.